The van der Waals surface area contributed by atoms with E-state index in [0.717, 1.165) is 19.3 Å². The Kier molecular flexibility index (Phi) is 6.67. The largest absolute Gasteiger partial charge is 0.405 e. The Morgan fingerprint density at radius 3 is 2.48 bits per heavy atom. The van der Waals surface area contributed by atoms with Crippen LogP contribution in [0.1, 0.15) is 32.1 Å². The number of sulfonamides is 1. The van der Waals surface area contributed by atoms with Gasteiger partial charge in [-0.15, -0.1) is 0 Å². The topological polar surface area (TPSA) is 82.6 Å². The lowest BCUT2D eigenvalue weighted by molar-refractivity contribution is -0.140. The van der Waals surface area contributed by atoms with Gasteiger partial charge in [0.05, 0.1) is 5.92 Å². The molecule has 1 N–H and O–H groups in total. The number of alkyl halides is 3. The summed E-state index contributed by atoms with van der Waals surface area (Å²) in [6.07, 6.45) is 0.720. The summed E-state index contributed by atoms with van der Waals surface area (Å²) in [6.45, 7) is 0.517. The van der Waals surface area contributed by atoms with Crippen molar-refractivity contribution in [3.63, 3.8) is 0 Å². The SMILES string of the molecule is O=C(NCC(F)(F)F)C1CCCN(c2ccc(S(=O)(=O)N3CCCCC3)cn2)C1. The molecule has 0 saturated carbocycles. The smallest absolute Gasteiger partial charge is 0.356 e. The molecule has 3 heterocycles. The highest BCUT2D eigenvalue weighted by molar-refractivity contribution is 7.89. The van der Waals surface area contributed by atoms with Gasteiger partial charge >= 0.3 is 6.18 Å². The standard InChI is InChI=1S/C18H25F3N4O3S/c19-18(20,21)13-23-17(26)14-5-4-8-24(12-14)16-7-6-15(11-22-16)29(27,28)25-9-2-1-3-10-25/h6-7,11,14H,1-5,8-10,12-13H2,(H,23,26). The Labute approximate surface area is 168 Å². The van der Waals surface area contributed by atoms with E-state index in [-0.39, 0.29) is 11.4 Å². The van der Waals surface area contributed by atoms with Crippen LogP contribution in [0, 0.1) is 5.92 Å². The number of carbonyl (C=O) groups is 1. The zero-order chi connectivity index (χ0) is 21.1. The summed E-state index contributed by atoms with van der Waals surface area (Å²) < 4.78 is 63.8. The summed E-state index contributed by atoms with van der Waals surface area (Å²) in [5.41, 5.74) is 0. The molecule has 1 atom stereocenters. The lowest BCUT2D eigenvalue weighted by Gasteiger charge is -2.33. The van der Waals surface area contributed by atoms with Crippen molar-refractivity contribution in [1.29, 1.82) is 0 Å². The normalized spacial score (nSPS) is 21.8. The molecular formula is C18H25F3N4O3S. The maximum absolute atomic E-state index is 12.7. The summed E-state index contributed by atoms with van der Waals surface area (Å²) in [5, 5.41) is 1.93. The third kappa shape index (κ3) is 5.59. The summed E-state index contributed by atoms with van der Waals surface area (Å²) in [4.78, 5) is 18.2. The highest BCUT2D eigenvalue weighted by Gasteiger charge is 2.32. The van der Waals surface area contributed by atoms with Gasteiger partial charge in [0, 0.05) is 32.4 Å². The number of pyridine rings is 1. The number of rotatable bonds is 5. The van der Waals surface area contributed by atoms with Crippen LogP contribution >= 0.6 is 0 Å². The molecule has 0 spiro atoms. The van der Waals surface area contributed by atoms with E-state index < -0.39 is 34.6 Å². The predicted molar refractivity (Wildman–Crippen MR) is 101 cm³/mol. The monoisotopic (exact) mass is 434 g/mol. The molecule has 2 aliphatic heterocycles. The molecule has 0 aromatic carbocycles. The van der Waals surface area contributed by atoms with E-state index in [1.54, 1.807) is 11.0 Å². The summed E-state index contributed by atoms with van der Waals surface area (Å²) in [6, 6.07) is 3.09. The van der Waals surface area contributed by atoms with Gasteiger partial charge in [0.15, 0.2) is 0 Å². The highest BCUT2D eigenvalue weighted by Crippen LogP contribution is 2.25. The zero-order valence-electron chi connectivity index (χ0n) is 16.0. The fourth-order valence-corrected chi connectivity index (χ4v) is 5.16. The van der Waals surface area contributed by atoms with Crippen molar-refractivity contribution >= 4 is 21.7 Å². The van der Waals surface area contributed by atoms with E-state index in [1.807, 2.05) is 5.32 Å². The molecular weight excluding hydrogens is 409 g/mol. The van der Waals surface area contributed by atoms with Crippen LogP contribution in [0.4, 0.5) is 19.0 Å². The van der Waals surface area contributed by atoms with Crippen LogP contribution in [0.5, 0.6) is 0 Å². The van der Waals surface area contributed by atoms with E-state index >= 15 is 0 Å². The van der Waals surface area contributed by atoms with Gasteiger partial charge in [-0.1, -0.05) is 6.42 Å². The van der Waals surface area contributed by atoms with Gasteiger partial charge in [-0.25, -0.2) is 13.4 Å². The fraction of sp³-hybridized carbons (Fsp3) is 0.667. The molecule has 1 aromatic heterocycles. The predicted octanol–water partition coefficient (Wildman–Crippen LogP) is 2.15. The number of hydrogen-bond acceptors (Lipinski definition) is 5. The molecule has 1 unspecified atom stereocenters. The number of carbonyl (C=O) groups excluding carboxylic acids is 1. The zero-order valence-corrected chi connectivity index (χ0v) is 16.8. The molecule has 7 nitrogen and oxygen atoms in total. The van der Waals surface area contributed by atoms with Gasteiger partial charge < -0.3 is 10.2 Å². The first kappa shape index (κ1) is 21.8. The van der Waals surface area contributed by atoms with Crippen LogP contribution in [-0.4, -0.2) is 62.5 Å². The van der Waals surface area contributed by atoms with E-state index in [9.17, 15) is 26.4 Å². The molecule has 29 heavy (non-hydrogen) atoms. The van der Waals surface area contributed by atoms with Crippen molar-refractivity contribution in [3.05, 3.63) is 18.3 Å². The number of hydrogen-bond donors (Lipinski definition) is 1. The molecule has 11 heteroatoms. The minimum atomic E-state index is -4.44. The summed E-state index contributed by atoms with van der Waals surface area (Å²) in [5.74, 6) is -0.683. The van der Waals surface area contributed by atoms with Crippen LogP contribution < -0.4 is 10.2 Å². The minimum Gasteiger partial charge on any atom is -0.356 e. The van der Waals surface area contributed by atoms with Crippen LogP contribution in [0.15, 0.2) is 23.2 Å². The van der Waals surface area contributed by atoms with Crippen molar-refractivity contribution in [2.45, 2.75) is 43.2 Å². The van der Waals surface area contributed by atoms with E-state index in [2.05, 4.69) is 4.98 Å². The van der Waals surface area contributed by atoms with Crippen LogP contribution in [-0.2, 0) is 14.8 Å². The maximum Gasteiger partial charge on any atom is 0.405 e. The molecule has 2 saturated heterocycles. The molecule has 162 valence electrons. The van der Waals surface area contributed by atoms with Crippen molar-refractivity contribution in [3.8, 4) is 0 Å². The summed E-state index contributed by atoms with van der Waals surface area (Å²) in [7, 11) is -3.57. The Hall–Kier alpha value is -1.88. The number of nitrogens with one attached hydrogen (secondary N) is 1. The molecule has 2 fully saturated rings. The second-order valence-electron chi connectivity index (χ2n) is 7.43. The molecule has 1 aromatic rings. The van der Waals surface area contributed by atoms with Gasteiger partial charge in [0.1, 0.15) is 17.3 Å². The highest BCUT2D eigenvalue weighted by atomic mass is 32.2. The third-order valence-corrected chi connectivity index (χ3v) is 7.13. The number of aromatic nitrogens is 1. The van der Waals surface area contributed by atoms with Gasteiger partial charge in [-0.05, 0) is 37.8 Å². The lowest BCUT2D eigenvalue weighted by atomic mass is 9.97. The minimum absolute atomic E-state index is 0.125. The number of nitrogens with zero attached hydrogens (tertiary/aromatic N) is 3. The first-order valence-electron chi connectivity index (χ1n) is 9.72. The molecule has 3 rings (SSSR count). The van der Waals surface area contributed by atoms with E-state index in [1.165, 1.54) is 16.6 Å². The second kappa shape index (κ2) is 8.86. The average Bonchev–Trinajstić information content (AvgIpc) is 2.72. The Balaban J connectivity index is 1.64. The van der Waals surface area contributed by atoms with Crippen molar-refractivity contribution in [2.75, 3.05) is 37.6 Å². The first-order chi connectivity index (χ1) is 13.7. The first-order valence-corrected chi connectivity index (χ1v) is 11.2. The Morgan fingerprint density at radius 1 is 1.14 bits per heavy atom. The maximum atomic E-state index is 12.7. The van der Waals surface area contributed by atoms with Crippen molar-refractivity contribution in [2.24, 2.45) is 5.92 Å². The lowest BCUT2D eigenvalue weighted by Crippen LogP contribution is -2.45. The van der Waals surface area contributed by atoms with Crippen LogP contribution in [0.3, 0.4) is 0 Å². The number of amides is 1. The molecule has 0 aliphatic carbocycles. The molecule has 0 bridgehead atoms. The average molecular weight is 434 g/mol. The third-order valence-electron chi connectivity index (χ3n) is 5.25. The Bertz CT molecular complexity index is 809. The second-order valence-corrected chi connectivity index (χ2v) is 9.37. The summed E-state index contributed by atoms with van der Waals surface area (Å²) >= 11 is 0. The molecule has 1 amide bonds. The van der Waals surface area contributed by atoms with Gasteiger partial charge in [-0.2, -0.15) is 17.5 Å². The Morgan fingerprint density at radius 2 is 1.86 bits per heavy atom. The van der Waals surface area contributed by atoms with E-state index in [0.29, 0.717) is 38.3 Å². The van der Waals surface area contributed by atoms with Gasteiger partial charge in [-0.3, -0.25) is 4.79 Å². The van der Waals surface area contributed by atoms with Crippen molar-refractivity contribution < 1.29 is 26.4 Å². The number of anilines is 1. The van der Waals surface area contributed by atoms with Crippen LogP contribution in [0.25, 0.3) is 0 Å². The van der Waals surface area contributed by atoms with E-state index in [4.69, 9.17) is 0 Å². The quantitative estimate of drug-likeness (QED) is 0.768. The van der Waals surface area contributed by atoms with Gasteiger partial charge in [0.2, 0.25) is 15.9 Å². The number of piperidine rings is 2. The fourth-order valence-electron chi connectivity index (χ4n) is 3.70. The number of halogens is 3. The van der Waals surface area contributed by atoms with Gasteiger partial charge in [0.25, 0.3) is 0 Å². The van der Waals surface area contributed by atoms with Crippen LogP contribution in [0.2, 0.25) is 0 Å². The molecule has 0 radical (unpaired) electrons. The molecule has 2 aliphatic rings. The van der Waals surface area contributed by atoms with Crippen molar-refractivity contribution in [1.82, 2.24) is 14.6 Å².